The highest BCUT2D eigenvalue weighted by Crippen LogP contribution is 2.18. The second kappa shape index (κ2) is 7.36. The molecule has 0 saturated carbocycles. The average molecular weight is 297 g/mol. The summed E-state index contributed by atoms with van der Waals surface area (Å²) in [5, 5.41) is 5.46. The molecule has 2 nitrogen and oxygen atoms in total. The minimum Gasteiger partial charge on any atom is -0.435 e. The SMILES string of the molecule is CCc1ccsc1CNCc1ccc(OC(F)F)cc1. The van der Waals surface area contributed by atoms with Crippen molar-refractivity contribution in [3.05, 3.63) is 51.7 Å². The van der Waals surface area contributed by atoms with Crippen LogP contribution in [0, 0.1) is 0 Å². The van der Waals surface area contributed by atoms with Crippen LogP contribution >= 0.6 is 11.3 Å². The minimum atomic E-state index is -2.77. The first kappa shape index (κ1) is 14.9. The number of nitrogens with one attached hydrogen (secondary N) is 1. The molecule has 0 spiro atoms. The summed E-state index contributed by atoms with van der Waals surface area (Å²) in [4.78, 5) is 1.35. The van der Waals surface area contributed by atoms with Crippen LogP contribution in [-0.4, -0.2) is 6.61 Å². The van der Waals surface area contributed by atoms with E-state index >= 15 is 0 Å². The van der Waals surface area contributed by atoms with Gasteiger partial charge in [-0.05, 0) is 41.1 Å². The zero-order valence-electron chi connectivity index (χ0n) is 11.2. The van der Waals surface area contributed by atoms with Gasteiger partial charge < -0.3 is 10.1 Å². The van der Waals surface area contributed by atoms with Crippen molar-refractivity contribution < 1.29 is 13.5 Å². The molecule has 0 aliphatic heterocycles. The zero-order valence-corrected chi connectivity index (χ0v) is 12.1. The van der Waals surface area contributed by atoms with Crippen LogP contribution in [0.4, 0.5) is 8.78 Å². The van der Waals surface area contributed by atoms with E-state index in [-0.39, 0.29) is 5.75 Å². The zero-order chi connectivity index (χ0) is 14.4. The van der Waals surface area contributed by atoms with Crippen molar-refractivity contribution >= 4 is 11.3 Å². The van der Waals surface area contributed by atoms with Gasteiger partial charge in [0.05, 0.1) is 0 Å². The molecule has 108 valence electrons. The lowest BCUT2D eigenvalue weighted by atomic mass is 10.2. The number of thiophene rings is 1. The number of hydrogen-bond donors (Lipinski definition) is 1. The highest BCUT2D eigenvalue weighted by atomic mass is 32.1. The number of aryl methyl sites for hydroxylation is 1. The Labute approximate surface area is 121 Å². The van der Waals surface area contributed by atoms with Crippen molar-refractivity contribution in [2.75, 3.05) is 0 Å². The predicted molar refractivity (Wildman–Crippen MR) is 77.3 cm³/mol. The first-order valence-corrected chi connectivity index (χ1v) is 7.36. The molecular weight excluding hydrogens is 280 g/mol. The van der Waals surface area contributed by atoms with Gasteiger partial charge in [-0.15, -0.1) is 11.3 Å². The standard InChI is InChI=1S/C15H17F2NOS/c1-2-12-7-8-20-14(12)10-18-9-11-3-5-13(6-4-11)19-15(16)17/h3-8,15,18H,2,9-10H2,1H3. The van der Waals surface area contributed by atoms with Gasteiger partial charge in [0, 0.05) is 18.0 Å². The van der Waals surface area contributed by atoms with Gasteiger partial charge in [0.25, 0.3) is 0 Å². The Bertz CT molecular complexity index is 525. The van der Waals surface area contributed by atoms with Crippen LogP contribution in [0.25, 0.3) is 0 Å². The quantitative estimate of drug-likeness (QED) is 0.827. The molecule has 20 heavy (non-hydrogen) atoms. The van der Waals surface area contributed by atoms with Gasteiger partial charge in [0.15, 0.2) is 0 Å². The van der Waals surface area contributed by atoms with Gasteiger partial charge in [-0.25, -0.2) is 0 Å². The average Bonchev–Trinajstić information content (AvgIpc) is 2.87. The molecule has 0 unspecified atom stereocenters. The van der Waals surface area contributed by atoms with E-state index in [4.69, 9.17) is 0 Å². The van der Waals surface area contributed by atoms with Gasteiger partial charge >= 0.3 is 6.61 Å². The summed E-state index contributed by atoms with van der Waals surface area (Å²) < 4.78 is 28.3. The third-order valence-corrected chi connectivity index (χ3v) is 3.94. The smallest absolute Gasteiger partial charge is 0.387 e. The lowest BCUT2D eigenvalue weighted by Gasteiger charge is -2.07. The van der Waals surface area contributed by atoms with E-state index < -0.39 is 6.61 Å². The summed E-state index contributed by atoms with van der Waals surface area (Å²) in [6.07, 6.45) is 1.04. The molecule has 0 aliphatic carbocycles. The van der Waals surface area contributed by atoms with E-state index in [1.165, 1.54) is 10.4 Å². The summed E-state index contributed by atoms with van der Waals surface area (Å²) in [7, 11) is 0. The first-order chi connectivity index (χ1) is 9.69. The molecule has 1 aromatic carbocycles. The second-order valence-corrected chi connectivity index (χ2v) is 5.35. The van der Waals surface area contributed by atoms with E-state index in [0.717, 1.165) is 18.5 Å². The van der Waals surface area contributed by atoms with Gasteiger partial charge in [0.1, 0.15) is 5.75 Å². The summed E-state index contributed by atoms with van der Waals surface area (Å²) in [6, 6.07) is 8.86. The number of rotatable bonds is 7. The molecule has 0 amide bonds. The first-order valence-electron chi connectivity index (χ1n) is 6.48. The Morgan fingerprint density at radius 1 is 1.15 bits per heavy atom. The largest absolute Gasteiger partial charge is 0.435 e. The lowest BCUT2D eigenvalue weighted by molar-refractivity contribution is -0.0498. The van der Waals surface area contributed by atoms with Crippen LogP contribution in [0.15, 0.2) is 35.7 Å². The third kappa shape index (κ3) is 4.28. The number of ether oxygens (including phenoxy) is 1. The van der Waals surface area contributed by atoms with Crippen LogP contribution in [0.2, 0.25) is 0 Å². The predicted octanol–water partition coefficient (Wildman–Crippen LogP) is 4.20. The summed E-state index contributed by atoms with van der Waals surface area (Å²) >= 11 is 1.75. The van der Waals surface area contributed by atoms with E-state index in [9.17, 15) is 8.78 Å². The van der Waals surface area contributed by atoms with Crippen molar-refractivity contribution in [3.8, 4) is 5.75 Å². The Kier molecular flexibility index (Phi) is 5.49. The molecule has 0 fully saturated rings. The van der Waals surface area contributed by atoms with Crippen molar-refractivity contribution in [3.63, 3.8) is 0 Å². The second-order valence-electron chi connectivity index (χ2n) is 4.35. The summed E-state index contributed by atoms with van der Waals surface area (Å²) in [5.41, 5.74) is 2.42. The Morgan fingerprint density at radius 2 is 1.90 bits per heavy atom. The highest BCUT2D eigenvalue weighted by molar-refractivity contribution is 7.10. The molecule has 1 N–H and O–H groups in total. The fourth-order valence-corrected chi connectivity index (χ4v) is 2.89. The highest BCUT2D eigenvalue weighted by Gasteiger charge is 2.04. The molecule has 2 rings (SSSR count). The maximum atomic E-state index is 12.0. The van der Waals surface area contributed by atoms with Gasteiger partial charge in [0.2, 0.25) is 0 Å². The van der Waals surface area contributed by atoms with Crippen LogP contribution in [0.5, 0.6) is 5.75 Å². The Balaban J connectivity index is 1.82. The number of hydrogen-bond acceptors (Lipinski definition) is 3. The van der Waals surface area contributed by atoms with E-state index in [1.54, 1.807) is 35.6 Å². The maximum Gasteiger partial charge on any atom is 0.387 e. The number of halogens is 2. The molecule has 0 atom stereocenters. The van der Waals surface area contributed by atoms with Crippen LogP contribution in [0.3, 0.4) is 0 Å². The third-order valence-electron chi connectivity index (χ3n) is 2.98. The summed E-state index contributed by atoms with van der Waals surface area (Å²) in [6.45, 7) is 0.907. The summed E-state index contributed by atoms with van der Waals surface area (Å²) in [5.74, 6) is 0.190. The number of alkyl halides is 2. The van der Waals surface area contributed by atoms with Gasteiger partial charge in [-0.3, -0.25) is 0 Å². The molecule has 2 aromatic rings. The maximum absolute atomic E-state index is 12.0. The fraction of sp³-hybridized carbons (Fsp3) is 0.333. The molecular formula is C15H17F2NOS. The molecule has 1 heterocycles. The van der Waals surface area contributed by atoms with Crippen LogP contribution in [0.1, 0.15) is 22.9 Å². The van der Waals surface area contributed by atoms with Crippen LogP contribution < -0.4 is 10.1 Å². The van der Waals surface area contributed by atoms with Crippen LogP contribution in [-0.2, 0) is 19.5 Å². The van der Waals surface area contributed by atoms with E-state index in [2.05, 4.69) is 28.4 Å². The molecule has 0 radical (unpaired) electrons. The number of benzene rings is 1. The van der Waals surface area contributed by atoms with Crippen molar-refractivity contribution in [2.45, 2.75) is 33.0 Å². The van der Waals surface area contributed by atoms with Gasteiger partial charge in [-0.2, -0.15) is 8.78 Å². The molecule has 0 aliphatic rings. The molecule has 5 heteroatoms. The van der Waals surface area contributed by atoms with E-state index in [1.807, 2.05) is 0 Å². The lowest BCUT2D eigenvalue weighted by Crippen LogP contribution is -2.12. The van der Waals surface area contributed by atoms with Gasteiger partial charge in [-0.1, -0.05) is 19.1 Å². The van der Waals surface area contributed by atoms with Crippen molar-refractivity contribution in [2.24, 2.45) is 0 Å². The minimum absolute atomic E-state index is 0.190. The Hall–Kier alpha value is -1.46. The van der Waals surface area contributed by atoms with E-state index in [0.29, 0.717) is 6.54 Å². The fourth-order valence-electron chi connectivity index (χ4n) is 1.95. The molecule has 1 aromatic heterocycles. The normalized spacial score (nSPS) is 11.0. The topological polar surface area (TPSA) is 21.3 Å². The Morgan fingerprint density at radius 3 is 2.55 bits per heavy atom. The van der Waals surface area contributed by atoms with Crippen molar-refractivity contribution in [1.29, 1.82) is 0 Å². The molecule has 0 saturated heterocycles. The molecule has 0 bridgehead atoms. The monoisotopic (exact) mass is 297 g/mol. The van der Waals surface area contributed by atoms with Crippen molar-refractivity contribution in [1.82, 2.24) is 5.32 Å².